The lowest BCUT2D eigenvalue weighted by molar-refractivity contribution is 0.566. The van der Waals surface area contributed by atoms with Gasteiger partial charge in [-0.15, -0.1) is 0 Å². The van der Waals surface area contributed by atoms with Gasteiger partial charge in [0, 0.05) is 1.37 Å². The molecular formula is C5H5O. The predicted octanol–water partition coefficient (Wildman–Crippen LogP) is 1.46. The van der Waals surface area contributed by atoms with Crippen molar-refractivity contribution in [2.45, 2.75) is 0 Å². The maximum absolute atomic E-state index is 6.68. The lowest BCUT2D eigenvalue weighted by Gasteiger charge is -1.63. The molecule has 0 saturated carbocycles. The molecule has 0 aliphatic rings. The van der Waals surface area contributed by atoms with E-state index in [1.165, 1.54) is 13.2 Å². The number of rotatable bonds is 1. The summed E-state index contributed by atoms with van der Waals surface area (Å²) in [7, 11) is 0. The van der Waals surface area contributed by atoms with Crippen molar-refractivity contribution in [3.63, 3.8) is 0 Å². The maximum Gasteiger partial charge on any atom is 0.0934 e. The fourth-order valence-electron chi connectivity index (χ4n) is 0.275. The molecule has 1 radical (unpaired) electrons. The standard InChI is InChI=1S/C5H5O/c1-5-2-3-6-4-5/h2-4H,1H2/i1D. The second-order valence-electron chi connectivity index (χ2n) is 1.06. The minimum atomic E-state index is 0.806. The molecule has 1 nitrogen and oxygen atoms in total. The highest BCUT2D eigenvalue weighted by Crippen LogP contribution is 1.93. The fourth-order valence-corrected chi connectivity index (χ4v) is 0.275. The predicted molar refractivity (Wildman–Crippen MR) is 23.2 cm³/mol. The zero-order valence-electron chi connectivity index (χ0n) is 4.22. The average molecular weight is 82.1 g/mol. The molecular weight excluding hydrogens is 76.1 g/mol. The van der Waals surface area contributed by atoms with E-state index in [0.717, 1.165) is 5.56 Å². The minimum Gasteiger partial charge on any atom is -0.472 e. The van der Waals surface area contributed by atoms with E-state index in [-0.39, 0.29) is 0 Å². The fraction of sp³-hybridized carbons (Fsp3) is 0. The van der Waals surface area contributed by atoms with E-state index in [2.05, 4.69) is 4.42 Å². The monoisotopic (exact) mass is 82.0 g/mol. The number of hydrogen-bond donors (Lipinski definition) is 0. The molecule has 0 bridgehead atoms. The van der Waals surface area contributed by atoms with E-state index in [1.807, 2.05) is 0 Å². The van der Waals surface area contributed by atoms with E-state index in [4.69, 9.17) is 1.37 Å². The third-order valence-corrected chi connectivity index (χ3v) is 0.543. The summed E-state index contributed by atoms with van der Waals surface area (Å²) in [4.78, 5) is 0. The van der Waals surface area contributed by atoms with Gasteiger partial charge < -0.3 is 4.42 Å². The van der Waals surface area contributed by atoms with Crippen LogP contribution in [0.15, 0.2) is 23.0 Å². The Balaban J connectivity index is 2.76. The summed E-state index contributed by atoms with van der Waals surface area (Å²) in [5.74, 6) is 0. The summed E-state index contributed by atoms with van der Waals surface area (Å²) in [5.41, 5.74) is 0.806. The van der Waals surface area contributed by atoms with Gasteiger partial charge in [0.15, 0.2) is 0 Å². The van der Waals surface area contributed by atoms with E-state index in [9.17, 15) is 0 Å². The molecule has 1 heterocycles. The van der Waals surface area contributed by atoms with Crippen LogP contribution >= 0.6 is 0 Å². The SMILES string of the molecule is [2H][CH]c1ccoc1. The molecule has 0 fully saturated rings. The van der Waals surface area contributed by atoms with E-state index < -0.39 is 0 Å². The molecule has 1 aromatic rings. The topological polar surface area (TPSA) is 13.1 Å². The van der Waals surface area contributed by atoms with Crippen LogP contribution in [0.2, 0.25) is 0 Å². The van der Waals surface area contributed by atoms with Crippen molar-refractivity contribution in [3.05, 3.63) is 31.1 Å². The first-order valence-corrected chi connectivity index (χ1v) is 1.67. The summed E-state index contributed by atoms with van der Waals surface area (Å²) in [6, 6.07) is 1.73. The molecule has 1 aromatic heterocycles. The van der Waals surface area contributed by atoms with Crippen molar-refractivity contribution in [3.8, 4) is 0 Å². The van der Waals surface area contributed by atoms with Crippen LogP contribution in [0.5, 0.6) is 0 Å². The van der Waals surface area contributed by atoms with E-state index in [1.54, 1.807) is 12.3 Å². The Morgan fingerprint density at radius 3 is 3.33 bits per heavy atom. The van der Waals surface area contributed by atoms with Crippen molar-refractivity contribution in [1.29, 1.82) is 0 Å². The molecule has 1 rings (SSSR count). The molecule has 6 heavy (non-hydrogen) atoms. The van der Waals surface area contributed by atoms with E-state index >= 15 is 0 Å². The van der Waals surface area contributed by atoms with E-state index in [0.29, 0.717) is 0 Å². The van der Waals surface area contributed by atoms with Crippen LogP contribution in [-0.2, 0) is 0 Å². The Labute approximate surface area is 38.0 Å². The summed E-state index contributed by atoms with van der Waals surface area (Å²) >= 11 is 0. The molecule has 0 atom stereocenters. The second-order valence-corrected chi connectivity index (χ2v) is 1.06. The lowest BCUT2D eigenvalue weighted by atomic mass is 10.4. The minimum absolute atomic E-state index is 0.806. The normalized spacial score (nSPS) is 11.0. The Bertz CT molecular complexity index is 123. The third kappa shape index (κ3) is 0.432. The number of furan rings is 1. The third-order valence-electron chi connectivity index (χ3n) is 0.543. The molecule has 0 amide bonds. The summed E-state index contributed by atoms with van der Waals surface area (Å²) in [5, 5.41) is 0. The van der Waals surface area contributed by atoms with Crippen LogP contribution < -0.4 is 0 Å². The summed E-state index contributed by atoms with van der Waals surface area (Å²) < 4.78 is 11.3. The van der Waals surface area contributed by atoms with Crippen LogP contribution in [0.3, 0.4) is 0 Å². The van der Waals surface area contributed by atoms with Crippen LogP contribution in [0, 0.1) is 6.90 Å². The van der Waals surface area contributed by atoms with Crippen LogP contribution in [0.4, 0.5) is 0 Å². The van der Waals surface area contributed by atoms with Crippen LogP contribution in [0.25, 0.3) is 0 Å². The van der Waals surface area contributed by atoms with Gasteiger partial charge in [0.05, 0.1) is 12.5 Å². The molecule has 0 aliphatic carbocycles. The maximum atomic E-state index is 6.68. The molecule has 0 saturated heterocycles. The zero-order chi connectivity index (χ0) is 5.11. The van der Waals surface area contributed by atoms with Crippen molar-refractivity contribution in [2.75, 3.05) is 0 Å². The van der Waals surface area contributed by atoms with Gasteiger partial charge in [0.2, 0.25) is 0 Å². The van der Waals surface area contributed by atoms with Crippen LogP contribution in [-0.4, -0.2) is 0 Å². The highest BCUT2D eigenvalue weighted by molar-refractivity contribution is 5.07. The van der Waals surface area contributed by atoms with Crippen molar-refractivity contribution >= 4 is 0 Å². The average Bonchev–Trinajstić information content (AvgIpc) is 2.14. The van der Waals surface area contributed by atoms with Gasteiger partial charge >= 0.3 is 0 Å². The Morgan fingerprint density at radius 1 is 2.00 bits per heavy atom. The molecule has 1 heteroatoms. The first-order chi connectivity index (χ1) is 3.43. The molecule has 0 N–H and O–H groups in total. The number of hydrogen-bond acceptors (Lipinski definition) is 1. The smallest absolute Gasteiger partial charge is 0.0934 e. The van der Waals surface area contributed by atoms with Crippen molar-refractivity contribution in [2.24, 2.45) is 0 Å². The van der Waals surface area contributed by atoms with Gasteiger partial charge in [-0.05, 0) is 18.5 Å². The summed E-state index contributed by atoms with van der Waals surface area (Å²) in [6.45, 7) is 1.24. The largest absolute Gasteiger partial charge is 0.472 e. The quantitative estimate of drug-likeness (QED) is 0.500. The van der Waals surface area contributed by atoms with Gasteiger partial charge in [-0.2, -0.15) is 0 Å². The van der Waals surface area contributed by atoms with Gasteiger partial charge in [-0.1, -0.05) is 0 Å². The molecule has 0 spiro atoms. The highest BCUT2D eigenvalue weighted by Gasteiger charge is 1.76. The molecule has 0 aliphatic heterocycles. The Hall–Kier alpha value is -0.720. The zero-order valence-corrected chi connectivity index (χ0v) is 3.22. The first-order valence-electron chi connectivity index (χ1n) is 2.25. The van der Waals surface area contributed by atoms with Gasteiger partial charge in [0.25, 0.3) is 0 Å². The summed E-state index contributed by atoms with van der Waals surface area (Å²) in [6.07, 6.45) is 3.06. The van der Waals surface area contributed by atoms with Crippen molar-refractivity contribution in [1.82, 2.24) is 0 Å². The van der Waals surface area contributed by atoms with Gasteiger partial charge in [0.1, 0.15) is 0 Å². The first kappa shape index (κ1) is 2.45. The van der Waals surface area contributed by atoms with Crippen LogP contribution in [0.1, 0.15) is 6.93 Å². The molecule has 0 aromatic carbocycles. The lowest BCUT2D eigenvalue weighted by Crippen LogP contribution is -1.48. The molecule has 0 unspecified atom stereocenters. The molecule has 31 valence electrons. The highest BCUT2D eigenvalue weighted by atomic mass is 16.3. The van der Waals surface area contributed by atoms with Crippen molar-refractivity contribution < 1.29 is 5.79 Å². The van der Waals surface area contributed by atoms with Gasteiger partial charge in [-0.3, -0.25) is 0 Å². The van der Waals surface area contributed by atoms with Gasteiger partial charge in [-0.25, -0.2) is 0 Å². The Kier molecular flexibility index (Phi) is 0.477. The second kappa shape index (κ2) is 1.17. The Morgan fingerprint density at radius 2 is 3.00 bits per heavy atom.